The van der Waals surface area contributed by atoms with Crippen LogP contribution in [-0.2, 0) is 15.8 Å². The van der Waals surface area contributed by atoms with Crippen LogP contribution in [0.25, 0.3) is 0 Å². The van der Waals surface area contributed by atoms with Gasteiger partial charge in [0.1, 0.15) is 17.9 Å². The van der Waals surface area contributed by atoms with E-state index in [0.29, 0.717) is 0 Å². The van der Waals surface area contributed by atoms with E-state index in [2.05, 4.69) is 20.6 Å². The molecule has 0 atom stereocenters. The van der Waals surface area contributed by atoms with E-state index in [1.165, 1.54) is 6.07 Å². The molecule has 4 amide bonds. The first kappa shape index (κ1) is 23.1. The lowest BCUT2D eigenvalue weighted by atomic mass is 9.87. The van der Waals surface area contributed by atoms with Gasteiger partial charge >= 0.3 is 17.9 Å². The second kappa shape index (κ2) is 8.35. The van der Waals surface area contributed by atoms with Gasteiger partial charge in [0.25, 0.3) is 11.5 Å². The number of alkyl halides is 3. The maximum atomic E-state index is 13.0. The number of nitrogens with one attached hydrogen (secondary N) is 4. The lowest BCUT2D eigenvalue weighted by Crippen LogP contribution is -2.55. The summed E-state index contributed by atoms with van der Waals surface area (Å²) in [4.78, 5) is 67.8. The van der Waals surface area contributed by atoms with Crippen LogP contribution < -0.4 is 26.8 Å². The zero-order valence-electron chi connectivity index (χ0n) is 17.5. The highest BCUT2D eigenvalue weighted by Gasteiger charge is 2.52. The van der Waals surface area contributed by atoms with Gasteiger partial charge in [0.2, 0.25) is 5.91 Å². The molecule has 34 heavy (non-hydrogen) atoms. The van der Waals surface area contributed by atoms with Crippen molar-refractivity contribution in [1.29, 1.82) is 0 Å². The van der Waals surface area contributed by atoms with E-state index < -0.39 is 52.9 Å². The number of carbonyl (C=O) groups excluding carboxylic acids is 3. The molecule has 14 heteroatoms. The molecular weight excluding hydrogens is 461 g/mol. The van der Waals surface area contributed by atoms with E-state index >= 15 is 0 Å². The third-order valence-electron chi connectivity index (χ3n) is 5.75. The van der Waals surface area contributed by atoms with Crippen LogP contribution in [0.15, 0.2) is 39.9 Å². The molecule has 2 aliphatic rings. The maximum Gasteiger partial charge on any atom is 0.416 e. The number of nitrogens with zero attached hydrogens (tertiary/aromatic N) is 2. The van der Waals surface area contributed by atoms with E-state index in [4.69, 9.17) is 0 Å². The highest BCUT2D eigenvalue weighted by atomic mass is 19.4. The van der Waals surface area contributed by atoms with Gasteiger partial charge in [0.05, 0.1) is 5.56 Å². The van der Waals surface area contributed by atoms with E-state index in [1.54, 1.807) is 4.90 Å². The number of hydrogen-bond acceptors (Lipinski definition) is 6. The van der Waals surface area contributed by atoms with Crippen LogP contribution in [0.2, 0.25) is 0 Å². The topological polar surface area (TPSA) is 147 Å². The van der Waals surface area contributed by atoms with Crippen molar-refractivity contribution in [1.82, 2.24) is 20.2 Å². The van der Waals surface area contributed by atoms with Gasteiger partial charge in [-0.15, -0.1) is 0 Å². The van der Waals surface area contributed by atoms with Gasteiger partial charge in [-0.1, -0.05) is 0 Å². The Morgan fingerprint density at radius 3 is 2.26 bits per heavy atom. The number of urea groups is 1. The lowest BCUT2D eigenvalue weighted by Gasteiger charge is -2.37. The molecule has 2 aliphatic heterocycles. The van der Waals surface area contributed by atoms with E-state index in [0.717, 1.165) is 29.2 Å². The Hall–Kier alpha value is -4.10. The molecule has 2 aromatic rings. The fraction of sp³-hybridized carbons (Fsp3) is 0.350. The van der Waals surface area contributed by atoms with Gasteiger partial charge in [-0.3, -0.25) is 29.3 Å². The second-order valence-electron chi connectivity index (χ2n) is 7.99. The van der Waals surface area contributed by atoms with Crippen LogP contribution in [0.5, 0.6) is 0 Å². The largest absolute Gasteiger partial charge is 0.416 e. The molecule has 11 nitrogen and oxygen atoms in total. The highest BCUT2D eigenvalue weighted by molar-refractivity contribution is 6.10. The molecule has 0 unspecified atom stereocenters. The summed E-state index contributed by atoms with van der Waals surface area (Å²) in [6.07, 6.45) is -4.18. The molecule has 1 aromatic carbocycles. The van der Waals surface area contributed by atoms with Crippen LogP contribution in [0.1, 0.15) is 18.4 Å². The van der Waals surface area contributed by atoms with Crippen LogP contribution in [0.3, 0.4) is 0 Å². The van der Waals surface area contributed by atoms with Crippen LogP contribution >= 0.6 is 0 Å². The van der Waals surface area contributed by atoms with E-state index in [9.17, 15) is 37.1 Å². The molecular formula is C20H19F3N6O5. The summed E-state index contributed by atoms with van der Waals surface area (Å²) < 4.78 is 38.0. The summed E-state index contributed by atoms with van der Waals surface area (Å²) in [6.45, 7) is -0.119. The zero-order valence-corrected chi connectivity index (χ0v) is 17.5. The molecule has 2 saturated heterocycles. The molecule has 4 N–H and O–H groups in total. The molecule has 0 aliphatic carbocycles. The van der Waals surface area contributed by atoms with Gasteiger partial charge in [-0.25, -0.2) is 9.59 Å². The Morgan fingerprint density at radius 2 is 1.68 bits per heavy atom. The summed E-state index contributed by atoms with van der Waals surface area (Å²) >= 11 is 0. The minimum atomic E-state index is -4.52. The molecule has 0 bridgehead atoms. The molecule has 3 heterocycles. The lowest BCUT2D eigenvalue weighted by molar-refractivity contribution is -0.137. The molecule has 4 rings (SSSR count). The van der Waals surface area contributed by atoms with Crippen LogP contribution in [-0.4, -0.2) is 57.9 Å². The van der Waals surface area contributed by atoms with Gasteiger partial charge in [0, 0.05) is 24.8 Å². The first-order valence-electron chi connectivity index (χ1n) is 10.2. The van der Waals surface area contributed by atoms with Crippen molar-refractivity contribution in [2.75, 3.05) is 29.9 Å². The number of anilines is 2. The van der Waals surface area contributed by atoms with Gasteiger partial charge in [-0.2, -0.15) is 13.2 Å². The molecule has 1 spiro atoms. The van der Waals surface area contributed by atoms with Gasteiger partial charge < -0.3 is 15.5 Å². The van der Waals surface area contributed by atoms with Crippen molar-refractivity contribution in [3.63, 3.8) is 0 Å². The summed E-state index contributed by atoms with van der Waals surface area (Å²) in [6, 6.07) is 4.21. The summed E-state index contributed by atoms with van der Waals surface area (Å²) in [7, 11) is 0. The summed E-state index contributed by atoms with van der Waals surface area (Å²) in [5.74, 6) is -1.06. The predicted molar refractivity (Wildman–Crippen MR) is 112 cm³/mol. The summed E-state index contributed by atoms with van der Waals surface area (Å²) in [5, 5.41) is 4.99. The zero-order chi connectivity index (χ0) is 24.7. The van der Waals surface area contributed by atoms with E-state index in [1.807, 2.05) is 0 Å². The minimum absolute atomic E-state index is 0.0833. The first-order chi connectivity index (χ1) is 16.0. The Kier molecular flexibility index (Phi) is 5.67. The van der Waals surface area contributed by atoms with Crippen molar-refractivity contribution in [2.24, 2.45) is 0 Å². The normalized spacial score (nSPS) is 17.7. The quantitative estimate of drug-likeness (QED) is 0.472. The number of benzene rings is 1. The average molecular weight is 480 g/mol. The maximum absolute atomic E-state index is 13.0. The molecule has 0 saturated carbocycles. The standard InChI is InChI=1S/C20H19F3N6O5/c21-20(22,23)11-1-3-12(4-2-11)24-15(31)10-29-16(32)19(27-18(29)34)5-7-28(8-6-19)13-9-14(30)26-17(33)25-13/h1-4,9H,5-8,10H2,(H,24,31)(H,27,34)(H2,25,26,30,33). The number of aromatic nitrogens is 2. The van der Waals surface area contributed by atoms with Gasteiger partial charge in [0.15, 0.2) is 0 Å². The molecule has 2 fully saturated rings. The van der Waals surface area contributed by atoms with Crippen molar-refractivity contribution in [3.8, 4) is 0 Å². The minimum Gasteiger partial charge on any atom is -0.358 e. The third kappa shape index (κ3) is 4.51. The summed E-state index contributed by atoms with van der Waals surface area (Å²) in [5.41, 5.74) is -3.27. The number of H-pyrrole nitrogens is 2. The molecule has 180 valence electrons. The fourth-order valence-electron chi connectivity index (χ4n) is 4.00. The number of imide groups is 1. The van der Waals surface area contributed by atoms with E-state index in [-0.39, 0.29) is 37.4 Å². The number of halogens is 3. The Bertz CT molecular complexity index is 1220. The van der Waals surface area contributed by atoms with Crippen LogP contribution in [0.4, 0.5) is 29.5 Å². The Balaban J connectivity index is 1.38. The molecule has 1 aromatic heterocycles. The fourth-order valence-corrected chi connectivity index (χ4v) is 4.00. The number of hydrogen-bond donors (Lipinski definition) is 4. The van der Waals surface area contributed by atoms with Gasteiger partial charge in [-0.05, 0) is 37.1 Å². The van der Waals surface area contributed by atoms with Crippen molar-refractivity contribution >= 4 is 29.4 Å². The number of piperidine rings is 1. The van der Waals surface area contributed by atoms with Crippen molar-refractivity contribution in [3.05, 3.63) is 56.7 Å². The average Bonchev–Trinajstić information content (AvgIpc) is 2.97. The Labute approximate surface area is 188 Å². The molecule has 0 radical (unpaired) electrons. The number of carbonyl (C=O) groups is 3. The van der Waals surface area contributed by atoms with Crippen molar-refractivity contribution < 1.29 is 27.6 Å². The Morgan fingerprint density at radius 1 is 1.03 bits per heavy atom. The first-order valence-corrected chi connectivity index (χ1v) is 10.2. The number of aromatic amines is 2. The third-order valence-corrected chi connectivity index (χ3v) is 5.75. The van der Waals surface area contributed by atoms with Crippen molar-refractivity contribution in [2.45, 2.75) is 24.6 Å². The monoisotopic (exact) mass is 480 g/mol. The predicted octanol–water partition coefficient (Wildman–Crippen LogP) is 0.611. The highest BCUT2D eigenvalue weighted by Crippen LogP contribution is 2.31. The van der Waals surface area contributed by atoms with Crippen LogP contribution in [0, 0.1) is 0 Å². The number of amides is 4. The number of rotatable bonds is 4. The second-order valence-corrected chi connectivity index (χ2v) is 7.99. The SMILES string of the molecule is O=C(CN1C(=O)NC2(CCN(c3cc(=O)[nH]c(=O)[nH]3)CC2)C1=O)Nc1ccc(C(F)(F)F)cc1. The smallest absolute Gasteiger partial charge is 0.358 e.